The molecular weight excluding hydrogens is 474 g/mol. The van der Waals surface area contributed by atoms with E-state index in [0.29, 0.717) is 22.2 Å². The van der Waals surface area contributed by atoms with Crippen molar-refractivity contribution >= 4 is 58.5 Å². The number of ether oxygens (including phenoxy) is 1. The maximum absolute atomic E-state index is 12.7. The normalized spacial score (nSPS) is 19.9. The SMILES string of the molecule is COc1cnc(N)c(SCC2=C(C(=O)O)N3C(=O)C(NC(=O)Cc4cccs4)[C@@H]3SC2)n1. The van der Waals surface area contributed by atoms with Crippen LogP contribution in [0.5, 0.6) is 5.88 Å². The number of carboxylic acid groups (broad SMARTS) is 1. The van der Waals surface area contributed by atoms with E-state index in [4.69, 9.17) is 10.5 Å². The van der Waals surface area contributed by atoms with Crippen LogP contribution in [-0.2, 0) is 20.8 Å². The molecule has 0 bridgehead atoms. The van der Waals surface area contributed by atoms with Crippen molar-refractivity contribution in [2.75, 3.05) is 24.3 Å². The Morgan fingerprint density at radius 2 is 2.28 bits per heavy atom. The third kappa shape index (κ3) is 4.40. The van der Waals surface area contributed by atoms with Gasteiger partial charge in [-0.1, -0.05) is 17.8 Å². The Balaban J connectivity index is 1.46. The number of nitrogens with two attached hydrogens (primary N) is 1. The van der Waals surface area contributed by atoms with Gasteiger partial charge in [-0.2, -0.15) is 0 Å². The van der Waals surface area contributed by atoms with E-state index in [0.717, 1.165) is 4.88 Å². The Labute approximate surface area is 195 Å². The van der Waals surface area contributed by atoms with Gasteiger partial charge in [0, 0.05) is 16.4 Å². The number of fused-ring (bicyclic) bond motifs is 1. The number of thiophene rings is 1. The molecule has 1 unspecified atom stereocenters. The number of anilines is 1. The summed E-state index contributed by atoms with van der Waals surface area (Å²) in [7, 11) is 1.46. The number of carboxylic acids is 1. The van der Waals surface area contributed by atoms with Gasteiger partial charge in [-0.15, -0.1) is 23.1 Å². The van der Waals surface area contributed by atoms with E-state index in [1.165, 1.54) is 53.1 Å². The van der Waals surface area contributed by atoms with Crippen LogP contribution in [0.25, 0.3) is 0 Å². The van der Waals surface area contributed by atoms with Crippen LogP contribution in [0.4, 0.5) is 5.82 Å². The van der Waals surface area contributed by atoms with Gasteiger partial charge >= 0.3 is 5.97 Å². The summed E-state index contributed by atoms with van der Waals surface area (Å²) >= 11 is 4.11. The molecule has 2 aliphatic heterocycles. The first-order valence-corrected chi connectivity index (χ1v) is 12.3. The van der Waals surface area contributed by atoms with Crippen molar-refractivity contribution in [2.45, 2.75) is 22.9 Å². The number of aliphatic carboxylic acids is 1. The van der Waals surface area contributed by atoms with Crippen LogP contribution in [0.3, 0.4) is 0 Å². The summed E-state index contributed by atoms with van der Waals surface area (Å²) in [5.41, 5.74) is 6.38. The molecule has 0 spiro atoms. The molecule has 4 heterocycles. The maximum Gasteiger partial charge on any atom is 0.352 e. The highest BCUT2D eigenvalue weighted by atomic mass is 32.2. The van der Waals surface area contributed by atoms with Gasteiger partial charge in [-0.25, -0.2) is 14.8 Å². The fraction of sp³-hybridized carbons (Fsp3) is 0.316. The standard InChI is InChI=1S/C19H19N5O5S3/c1-29-12-6-21-15(20)16(23-12)31-7-9-8-32-18-13(17(26)24(18)14(9)19(27)28)22-11(25)5-10-3-2-4-30-10/h2-4,6,13,18H,5,7-8H2,1H3,(H2,20,21)(H,22,25)(H,27,28)/t13?,18-/m0/s1. The van der Waals surface area contributed by atoms with Crippen molar-refractivity contribution in [3.8, 4) is 5.88 Å². The summed E-state index contributed by atoms with van der Waals surface area (Å²) in [6.07, 6.45) is 1.58. The van der Waals surface area contributed by atoms with E-state index in [9.17, 15) is 19.5 Å². The molecule has 2 atom stereocenters. The third-order valence-corrected chi connectivity index (χ3v) is 8.10. The molecule has 0 radical (unpaired) electrons. The van der Waals surface area contributed by atoms with Crippen molar-refractivity contribution in [2.24, 2.45) is 0 Å². The fourth-order valence-electron chi connectivity index (χ4n) is 3.32. The number of hydrogen-bond acceptors (Lipinski definition) is 10. The summed E-state index contributed by atoms with van der Waals surface area (Å²) in [5, 5.41) is 14.4. The van der Waals surface area contributed by atoms with E-state index >= 15 is 0 Å². The number of methoxy groups -OCH3 is 1. The molecule has 2 aromatic rings. The fourth-order valence-corrected chi connectivity index (χ4v) is 6.40. The van der Waals surface area contributed by atoms with Gasteiger partial charge in [0.15, 0.2) is 5.82 Å². The minimum atomic E-state index is -1.19. The second-order valence-corrected chi connectivity index (χ2v) is 9.96. The molecular formula is C19H19N5O5S3. The smallest absolute Gasteiger partial charge is 0.352 e. The summed E-state index contributed by atoms with van der Waals surface area (Å²) in [6.45, 7) is 0. The molecule has 0 aromatic carbocycles. The highest BCUT2D eigenvalue weighted by Crippen LogP contribution is 2.41. The summed E-state index contributed by atoms with van der Waals surface area (Å²) in [4.78, 5) is 47.4. The van der Waals surface area contributed by atoms with Crippen LogP contribution in [0.15, 0.2) is 40.0 Å². The zero-order valence-electron chi connectivity index (χ0n) is 16.8. The summed E-state index contributed by atoms with van der Waals surface area (Å²) in [6, 6.07) is 2.97. The number of nitrogens with zero attached hydrogens (tertiary/aromatic N) is 3. The lowest BCUT2D eigenvalue weighted by Gasteiger charge is -2.49. The van der Waals surface area contributed by atoms with Gasteiger partial charge in [0.2, 0.25) is 11.8 Å². The highest BCUT2D eigenvalue weighted by Gasteiger charge is 2.54. The van der Waals surface area contributed by atoms with Crippen LogP contribution < -0.4 is 15.8 Å². The predicted molar refractivity (Wildman–Crippen MR) is 121 cm³/mol. The minimum Gasteiger partial charge on any atom is -0.480 e. The van der Waals surface area contributed by atoms with Gasteiger partial charge in [-0.05, 0) is 17.0 Å². The van der Waals surface area contributed by atoms with Crippen molar-refractivity contribution in [1.29, 1.82) is 0 Å². The molecule has 4 rings (SSSR count). The Kier molecular flexibility index (Phi) is 6.58. The second-order valence-electron chi connectivity index (χ2n) is 6.86. The average Bonchev–Trinajstić information content (AvgIpc) is 3.29. The lowest BCUT2D eigenvalue weighted by Crippen LogP contribution is -2.70. The lowest BCUT2D eigenvalue weighted by molar-refractivity contribution is -0.150. The van der Waals surface area contributed by atoms with E-state index < -0.39 is 23.3 Å². The van der Waals surface area contributed by atoms with Gasteiger partial charge in [-0.3, -0.25) is 14.5 Å². The Morgan fingerprint density at radius 1 is 1.47 bits per heavy atom. The van der Waals surface area contributed by atoms with Crippen molar-refractivity contribution in [1.82, 2.24) is 20.2 Å². The topological polar surface area (TPSA) is 148 Å². The average molecular weight is 494 g/mol. The molecule has 168 valence electrons. The monoisotopic (exact) mass is 493 g/mol. The maximum atomic E-state index is 12.7. The molecule has 0 aliphatic carbocycles. The lowest BCUT2D eigenvalue weighted by atomic mass is 10.0. The minimum absolute atomic E-state index is 0.0515. The molecule has 13 heteroatoms. The van der Waals surface area contributed by atoms with Gasteiger partial charge in [0.25, 0.3) is 5.91 Å². The zero-order chi connectivity index (χ0) is 22.8. The van der Waals surface area contributed by atoms with Gasteiger partial charge in [0.05, 0.1) is 19.7 Å². The van der Waals surface area contributed by atoms with E-state index in [1.54, 1.807) is 0 Å². The van der Waals surface area contributed by atoms with Crippen molar-refractivity contribution in [3.63, 3.8) is 0 Å². The van der Waals surface area contributed by atoms with E-state index in [1.807, 2.05) is 17.5 Å². The van der Waals surface area contributed by atoms with Crippen molar-refractivity contribution < 1.29 is 24.2 Å². The number of nitrogens with one attached hydrogen (secondary N) is 1. The Morgan fingerprint density at radius 3 is 2.97 bits per heavy atom. The molecule has 32 heavy (non-hydrogen) atoms. The molecule has 10 nitrogen and oxygen atoms in total. The van der Waals surface area contributed by atoms with E-state index in [-0.39, 0.29) is 29.6 Å². The largest absolute Gasteiger partial charge is 0.480 e. The number of amides is 2. The molecule has 2 aromatic heterocycles. The van der Waals surface area contributed by atoms with Crippen LogP contribution in [0.2, 0.25) is 0 Å². The Hall–Kier alpha value is -2.77. The molecule has 4 N–H and O–H groups in total. The molecule has 2 amide bonds. The molecule has 1 saturated heterocycles. The van der Waals surface area contributed by atoms with E-state index in [2.05, 4.69) is 15.3 Å². The summed E-state index contributed by atoms with van der Waals surface area (Å²) < 4.78 is 5.05. The zero-order valence-corrected chi connectivity index (χ0v) is 19.3. The Bertz CT molecular complexity index is 1090. The highest BCUT2D eigenvalue weighted by molar-refractivity contribution is 8.01. The first kappa shape index (κ1) is 22.4. The molecule has 2 aliphatic rings. The number of hydrogen-bond donors (Lipinski definition) is 3. The summed E-state index contributed by atoms with van der Waals surface area (Å²) in [5.74, 6) is -0.700. The van der Waals surface area contributed by atoms with Gasteiger partial charge < -0.3 is 20.9 Å². The predicted octanol–water partition coefficient (Wildman–Crippen LogP) is 1.20. The quantitative estimate of drug-likeness (QED) is 0.362. The van der Waals surface area contributed by atoms with Crippen LogP contribution in [0.1, 0.15) is 4.88 Å². The van der Waals surface area contributed by atoms with Crippen LogP contribution in [0, 0.1) is 0 Å². The van der Waals surface area contributed by atoms with Crippen LogP contribution >= 0.6 is 34.9 Å². The third-order valence-electron chi connectivity index (χ3n) is 4.82. The first-order chi connectivity index (χ1) is 15.4. The number of carbonyl (C=O) groups is 3. The van der Waals surface area contributed by atoms with Crippen molar-refractivity contribution in [3.05, 3.63) is 39.9 Å². The first-order valence-electron chi connectivity index (χ1n) is 9.40. The van der Waals surface area contributed by atoms with Gasteiger partial charge in [0.1, 0.15) is 22.1 Å². The number of nitrogen functional groups attached to an aromatic ring is 1. The van der Waals surface area contributed by atoms with Crippen LogP contribution in [-0.4, -0.2) is 67.8 Å². The number of thioether (sulfide) groups is 2. The molecule has 1 fully saturated rings. The molecule has 0 saturated carbocycles. The second kappa shape index (κ2) is 9.38. The number of rotatable bonds is 8. The number of carbonyl (C=O) groups excluding carboxylic acids is 2. The number of aromatic nitrogens is 2. The number of β-lactam (4-membered cyclic amide) rings is 1.